The molecule has 2 aliphatic rings. The number of aromatic hydroxyl groups is 1. The number of halogens is 3. The molecule has 8 aromatic rings. The standard InChI is InChI=1S/C25H28FN5O3.C17H23ClN4O2.C8H6FNO/c1-30-9-11-31(12-10-30)8-3-13-33-23-15-20-18(14-22(23)32-2)25(29-16-28-20)34-21-5-4-19-17(24(21)26)6-7-27-19;1-21-5-7-22(8-6-21)4-3-9-24-16-11-14-13(10-15(16)23-2)17(18)20-12-19-14;9-8-5-3-4-10-6(5)1-2-7(8)11/h4-7,14-16,27H,3,8-13H2,1-2H3;10-12H,3-9H2,1-2H3;1-4,10-11H. The maximum atomic E-state index is 14.9. The number of phenols is 1. The van der Waals surface area contributed by atoms with Gasteiger partial charge in [0.1, 0.15) is 17.8 Å². The van der Waals surface area contributed by atoms with Crippen LogP contribution in [0.25, 0.3) is 43.6 Å². The Labute approximate surface area is 403 Å². The van der Waals surface area contributed by atoms with Crippen LogP contribution in [-0.4, -0.2) is 162 Å². The number of fused-ring (bicyclic) bond motifs is 4. The quantitative estimate of drug-likeness (QED) is 0.0704. The monoisotopic (exact) mass is 966 g/mol. The summed E-state index contributed by atoms with van der Waals surface area (Å²) >= 11 is 6.10. The summed E-state index contributed by atoms with van der Waals surface area (Å²) in [6, 6.07) is 16.8. The van der Waals surface area contributed by atoms with Gasteiger partial charge in [-0.1, -0.05) is 11.6 Å². The van der Waals surface area contributed by atoms with E-state index in [9.17, 15) is 8.78 Å². The van der Waals surface area contributed by atoms with Gasteiger partial charge in [-0.05, 0) is 75.5 Å². The fourth-order valence-electron chi connectivity index (χ4n) is 8.13. The second kappa shape index (κ2) is 23.2. The minimum atomic E-state index is -0.566. The molecule has 2 fully saturated rings. The number of hydrogen-bond acceptors (Lipinski definition) is 14. The van der Waals surface area contributed by atoms with Crippen molar-refractivity contribution in [1.29, 1.82) is 0 Å². The van der Waals surface area contributed by atoms with Crippen molar-refractivity contribution in [2.24, 2.45) is 0 Å². The molecular weight excluding hydrogens is 910 g/mol. The van der Waals surface area contributed by atoms with Crippen LogP contribution in [0.15, 0.2) is 85.7 Å². The van der Waals surface area contributed by atoms with E-state index in [1.54, 1.807) is 63.0 Å². The van der Waals surface area contributed by atoms with Gasteiger partial charge in [-0.25, -0.2) is 28.7 Å². The fraction of sp³-hybridized carbons (Fsp3) is 0.360. The van der Waals surface area contributed by atoms with Crippen molar-refractivity contribution in [3.05, 3.63) is 102 Å². The lowest BCUT2D eigenvalue weighted by Gasteiger charge is -2.32. The Morgan fingerprint density at radius 3 is 1.65 bits per heavy atom. The Bertz CT molecular complexity index is 2960. The van der Waals surface area contributed by atoms with Crippen LogP contribution in [-0.2, 0) is 0 Å². The minimum absolute atomic E-state index is 0.0929. The molecule has 0 atom stereocenters. The van der Waals surface area contributed by atoms with Crippen LogP contribution >= 0.6 is 11.6 Å². The lowest BCUT2D eigenvalue weighted by Crippen LogP contribution is -2.44. The maximum Gasteiger partial charge on any atom is 0.230 e. The molecule has 0 unspecified atom stereocenters. The highest BCUT2D eigenvalue weighted by molar-refractivity contribution is 6.34. The Balaban J connectivity index is 0.000000158. The normalized spacial score (nSPS) is 14.9. The molecule has 4 aromatic heterocycles. The number of rotatable bonds is 14. The molecule has 0 amide bonds. The van der Waals surface area contributed by atoms with Crippen LogP contribution in [0, 0.1) is 11.6 Å². The largest absolute Gasteiger partial charge is 0.505 e. The predicted octanol–water partition coefficient (Wildman–Crippen LogP) is 8.39. The molecule has 0 spiro atoms. The van der Waals surface area contributed by atoms with E-state index in [1.807, 2.05) is 18.2 Å². The molecule has 0 saturated carbocycles. The maximum absolute atomic E-state index is 14.9. The van der Waals surface area contributed by atoms with Crippen LogP contribution in [0.5, 0.6) is 40.4 Å². The molecule has 3 N–H and O–H groups in total. The number of benzene rings is 4. The van der Waals surface area contributed by atoms with E-state index in [-0.39, 0.29) is 17.4 Å². The Hall–Kier alpha value is -6.57. The lowest BCUT2D eigenvalue weighted by atomic mass is 10.2. The zero-order valence-corrected chi connectivity index (χ0v) is 39.9. The molecule has 2 aliphatic heterocycles. The summed E-state index contributed by atoms with van der Waals surface area (Å²) in [5, 5.41) is 11.6. The third-order valence-electron chi connectivity index (χ3n) is 12.2. The molecule has 69 heavy (non-hydrogen) atoms. The molecule has 0 bridgehead atoms. The average molecular weight is 968 g/mol. The van der Waals surface area contributed by atoms with Gasteiger partial charge in [0.15, 0.2) is 46.1 Å². The number of nitrogens with zero attached hydrogens (tertiary/aromatic N) is 8. The van der Waals surface area contributed by atoms with E-state index < -0.39 is 11.6 Å². The molecule has 364 valence electrons. The van der Waals surface area contributed by atoms with Crippen LogP contribution in [0.4, 0.5) is 8.78 Å². The van der Waals surface area contributed by atoms with Crippen molar-refractivity contribution < 1.29 is 37.6 Å². The van der Waals surface area contributed by atoms with Crippen molar-refractivity contribution >= 4 is 55.2 Å². The van der Waals surface area contributed by atoms with E-state index in [0.717, 1.165) is 89.2 Å². The topological polar surface area (TPSA) is 162 Å². The second-order valence-electron chi connectivity index (χ2n) is 16.8. The first-order valence-corrected chi connectivity index (χ1v) is 23.2. The predicted molar refractivity (Wildman–Crippen MR) is 264 cm³/mol. The summed E-state index contributed by atoms with van der Waals surface area (Å²) < 4.78 is 56.6. The first-order chi connectivity index (χ1) is 33.6. The molecule has 16 nitrogen and oxygen atoms in total. The summed E-state index contributed by atoms with van der Waals surface area (Å²) in [7, 11) is 7.53. The van der Waals surface area contributed by atoms with Gasteiger partial charge in [0, 0.05) is 117 Å². The molecule has 19 heteroatoms. The Kier molecular flexibility index (Phi) is 16.4. The number of piperazine rings is 2. The molecule has 0 aliphatic carbocycles. The number of phenolic OH excluding ortho intramolecular Hbond substituents is 1. The van der Waals surface area contributed by atoms with Gasteiger partial charge in [-0.15, -0.1) is 0 Å². The number of aromatic amines is 2. The van der Waals surface area contributed by atoms with Crippen LogP contribution in [0.3, 0.4) is 0 Å². The lowest BCUT2D eigenvalue weighted by molar-refractivity contribution is 0.145. The number of hydrogen-bond donors (Lipinski definition) is 3. The summed E-state index contributed by atoms with van der Waals surface area (Å²) in [6.07, 6.45) is 8.07. The molecule has 2 saturated heterocycles. The van der Waals surface area contributed by atoms with Crippen molar-refractivity contribution in [2.75, 3.05) is 107 Å². The van der Waals surface area contributed by atoms with Gasteiger partial charge in [0.25, 0.3) is 0 Å². The number of nitrogens with one attached hydrogen (secondary N) is 2. The number of likely N-dealkylation sites (N-methyl/N-ethyl adjacent to an activating group) is 2. The van der Waals surface area contributed by atoms with Gasteiger partial charge in [-0.2, -0.15) is 0 Å². The zero-order valence-electron chi connectivity index (χ0n) is 39.2. The first-order valence-electron chi connectivity index (χ1n) is 22.8. The van der Waals surface area contributed by atoms with Crippen LogP contribution in [0.2, 0.25) is 5.15 Å². The third kappa shape index (κ3) is 12.2. The molecule has 0 radical (unpaired) electrons. The fourth-order valence-corrected chi connectivity index (χ4v) is 8.32. The Morgan fingerprint density at radius 1 is 0.580 bits per heavy atom. The third-order valence-corrected chi connectivity index (χ3v) is 12.5. The molecule has 10 rings (SSSR count). The van der Waals surface area contributed by atoms with Crippen molar-refractivity contribution in [2.45, 2.75) is 12.8 Å². The first kappa shape index (κ1) is 48.9. The average Bonchev–Trinajstić information content (AvgIpc) is 4.07. The summed E-state index contributed by atoms with van der Waals surface area (Å²) in [6.45, 7) is 12.2. The number of aromatic nitrogens is 6. The van der Waals surface area contributed by atoms with Gasteiger partial charge in [0.05, 0.1) is 43.9 Å². The van der Waals surface area contributed by atoms with Crippen LogP contribution < -0.4 is 23.7 Å². The highest BCUT2D eigenvalue weighted by atomic mass is 35.5. The molecular formula is C50H57ClF2N10O6. The molecule has 4 aromatic carbocycles. The van der Waals surface area contributed by atoms with Crippen molar-refractivity contribution in [3.8, 4) is 40.4 Å². The Morgan fingerprint density at radius 2 is 1.09 bits per heavy atom. The zero-order chi connectivity index (χ0) is 48.3. The summed E-state index contributed by atoms with van der Waals surface area (Å²) in [4.78, 5) is 32.3. The van der Waals surface area contributed by atoms with Crippen LogP contribution in [0.1, 0.15) is 12.8 Å². The highest BCUT2D eigenvalue weighted by Crippen LogP contribution is 2.38. The van der Waals surface area contributed by atoms with E-state index in [2.05, 4.69) is 63.6 Å². The van der Waals surface area contributed by atoms with Gasteiger partial charge < -0.3 is 58.4 Å². The van der Waals surface area contributed by atoms with Gasteiger partial charge in [0.2, 0.25) is 5.88 Å². The van der Waals surface area contributed by atoms with E-state index in [0.29, 0.717) is 74.1 Å². The van der Waals surface area contributed by atoms with E-state index in [4.69, 9.17) is 40.4 Å². The second-order valence-corrected chi connectivity index (χ2v) is 17.2. The van der Waals surface area contributed by atoms with Gasteiger partial charge in [-0.3, -0.25) is 0 Å². The minimum Gasteiger partial charge on any atom is -0.505 e. The van der Waals surface area contributed by atoms with Crippen molar-refractivity contribution in [3.63, 3.8) is 0 Å². The number of H-pyrrole nitrogens is 2. The summed E-state index contributed by atoms with van der Waals surface area (Å²) in [5.74, 6) is 1.52. The van der Waals surface area contributed by atoms with Gasteiger partial charge >= 0.3 is 0 Å². The smallest absolute Gasteiger partial charge is 0.230 e. The van der Waals surface area contributed by atoms with E-state index >= 15 is 0 Å². The number of ether oxygens (including phenoxy) is 5. The van der Waals surface area contributed by atoms with E-state index in [1.165, 1.54) is 18.7 Å². The number of methoxy groups -OCH3 is 2. The molecule has 6 heterocycles. The SMILES string of the molecule is COc1cc2c(Cl)ncnc2cc1OCCCN1CCN(C)CC1.COc1cc2c(Oc3ccc4[nH]ccc4c3F)ncnc2cc1OCCCN1CCN(C)CC1.Oc1ccc2[nH]ccc2c1F. The van der Waals surface area contributed by atoms with Crippen molar-refractivity contribution in [1.82, 2.24) is 49.5 Å². The summed E-state index contributed by atoms with van der Waals surface area (Å²) in [5.41, 5.74) is 2.78. The highest BCUT2D eigenvalue weighted by Gasteiger charge is 2.18.